The molecular weight excluding hydrogens is 358 g/mol. The molecule has 0 amide bonds. The minimum absolute atomic E-state index is 0.182. The van der Waals surface area contributed by atoms with Crippen molar-refractivity contribution in [3.05, 3.63) is 29.0 Å². The lowest BCUT2D eigenvalue weighted by molar-refractivity contribution is -0.253. The molecule has 1 saturated carbocycles. The molecule has 1 fully saturated rings. The van der Waals surface area contributed by atoms with Gasteiger partial charge >= 0.3 is 12.5 Å². The fourth-order valence-corrected chi connectivity index (χ4v) is 3.37. The SMILES string of the molecule is FC(F)C(F)(F)Oc1cccc(-c2n[nH]c(=S)n2C2CCCCC2)c1. The summed E-state index contributed by atoms with van der Waals surface area (Å²) in [4.78, 5) is 0. The van der Waals surface area contributed by atoms with Gasteiger partial charge in [0.1, 0.15) is 5.75 Å². The minimum Gasteiger partial charge on any atom is -0.428 e. The zero-order chi connectivity index (χ0) is 18.0. The molecule has 1 N–H and O–H groups in total. The molecule has 0 atom stereocenters. The van der Waals surface area contributed by atoms with E-state index in [0.29, 0.717) is 16.2 Å². The maximum absolute atomic E-state index is 13.1. The van der Waals surface area contributed by atoms with E-state index in [-0.39, 0.29) is 11.8 Å². The molecule has 1 aromatic heterocycles. The Balaban J connectivity index is 1.93. The van der Waals surface area contributed by atoms with Crippen LogP contribution in [0.25, 0.3) is 11.4 Å². The monoisotopic (exact) mass is 375 g/mol. The van der Waals surface area contributed by atoms with Crippen LogP contribution in [0.3, 0.4) is 0 Å². The fourth-order valence-electron chi connectivity index (χ4n) is 3.09. The summed E-state index contributed by atoms with van der Waals surface area (Å²) in [6, 6.07) is 5.75. The van der Waals surface area contributed by atoms with Gasteiger partial charge in [-0.25, -0.2) is 0 Å². The molecule has 0 radical (unpaired) electrons. The first-order valence-electron chi connectivity index (χ1n) is 8.01. The summed E-state index contributed by atoms with van der Waals surface area (Å²) in [5.74, 6) is 0.134. The van der Waals surface area contributed by atoms with Crippen LogP contribution in [-0.4, -0.2) is 27.3 Å². The first-order valence-corrected chi connectivity index (χ1v) is 8.41. The van der Waals surface area contributed by atoms with Gasteiger partial charge in [-0.1, -0.05) is 31.4 Å². The van der Waals surface area contributed by atoms with E-state index in [1.54, 1.807) is 6.07 Å². The highest BCUT2D eigenvalue weighted by molar-refractivity contribution is 7.71. The highest BCUT2D eigenvalue weighted by Crippen LogP contribution is 2.34. The molecular formula is C16H17F4N3OS. The van der Waals surface area contributed by atoms with Gasteiger partial charge in [0, 0.05) is 11.6 Å². The smallest absolute Gasteiger partial charge is 0.428 e. The van der Waals surface area contributed by atoms with E-state index in [1.807, 2.05) is 4.57 Å². The molecule has 136 valence electrons. The number of alkyl halides is 4. The van der Waals surface area contributed by atoms with E-state index in [4.69, 9.17) is 12.2 Å². The third-order valence-electron chi connectivity index (χ3n) is 4.24. The lowest BCUT2D eigenvalue weighted by Crippen LogP contribution is -2.33. The van der Waals surface area contributed by atoms with Gasteiger partial charge in [0.15, 0.2) is 10.6 Å². The number of halogens is 4. The highest BCUT2D eigenvalue weighted by Gasteiger charge is 2.44. The number of hydrogen-bond donors (Lipinski definition) is 1. The van der Waals surface area contributed by atoms with Crippen LogP contribution < -0.4 is 4.74 Å². The molecule has 4 nitrogen and oxygen atoms in total. The molecule has 0 spiro atoms. The standard InChI is InChI=1S/C16H17F4N3OS/c17-14(18)16(19,20)24-12-8-4-5-10(9-12)13-21-22-15(25)23(13)11-6-2-1-3-7-11/h4-5,8-9,11,14H,1-3,6-7H2,(H,22,25). The number of H-pyrrole nitrogens is 1. The van der Waals surface area contributed by atoms with Crippen LogP contribution in [0.4, 0.5) is 17.6 Å². The van der Waals surface area contributed by atoms with Gasteiger partial charge in [-0.15, -0.1) is 0 Å². The van der Waals surface area contributed by atoms with Crippen LogP contribution in [0.15, 0.2) is 24.3 Å². The Hall–Kier alpha value is -1.90. The van der Waals surface area contributed by atoms with E-state index in [1.165, 1.54) is 24.6 Å². The molecule has 0 unspecified atom stereocenters. The lowest BCUT2D eigenvalue weighted by Gasteiger charge is -2.24. The Bertz CT molecular complexity index is 784. The second kappa shape index (κ2) is 7.15. The molecule has 25 heavy (non-hydrogen) atoms. The van der Waals surface area contributed by atoms with Crippen LogP contribution in [0, 0.1) is 4.77 Å². The van der Waals surface area contributed by atoms with E-state index >= 15 is 0 Å². The third kappa shape index (κ3) is 3.86. The van der Waals surface area contributed by atoms with Crippen molar-refractivity contribution in [3.63, 3.8) is 0 Å². The van der Waals surface area contributed by atoms with Crippen molar-refractivity contribution in [2.75, 3.05) is 0 Å². The molecule has 1 aromatic carbocycles. The van der Waals surface area contributed by atoms with Crippen molar-refractivity contribution in [2.24, 2.45) is 0 Å². The maximum Gasteiger partial charge on any atom is 0.461 e. The van der Waals surface area contributed by atoms with E-state index in [0.717, 1.165) is 25.7 Å². The summed E-state index contributed by atoms with van der Waals surface area (Å²) >= 11 is 5.30. The Morgan fingerprint density at radius 1 is 1.24 bits per heavy atom. The molecule has 2 aromatic rings. The largest absolute Gasteiger partial charge is 0.461 e. The maximum atomic E-state index is 13.1. The van der Waals surface area contributed by atoms with Crippen molar-refractivity contribution in [1.82, 2.24) is 14.8 Å². The van der Waals surface area contributed by atoms with Crippen molar-refractivity contribution in [2.45, 2.75) is 50.7 Å². The Morgan fingerprint density at radius 3 is 2.64 bits per heavy atom. The molecule has 0 saturated heterocycles. The zero-order valence-electron chi connectivity index (χ0n) is 13.2. The first kappa shape index (κ1) is 17.9. The van der Waals surface area contributed by atoms with Crippen LogP contribution in [0.5, 0.6) is 5.75 Å². The summed E-state index contributed by atoms with van der Waals surface area (Å²) in [7, 11) is 0. The van der Waals surface area contributed by atoms with Crippen LogP contribution in [0.2, 0.25) is 0 Å². The molecule has 1 aliphatic carbocycles. The van der Waals surface area contributed by atoms with Crippen LogP contribution >= 0.6 is 12.2 Å². The number of nitrogens with zero attached hydrogens (tertiary/aromatic N) is 2. The molecule has 3 rings (SSSR count). The van der Waals surface area contributed by atoms with Crippen molar-refractivity contribution < 1.29 is 22.3 Å². The van der Waals surface area contributed by atoms with Gasteiger partial charge in [0.2, 0.25) is 0 Å². The normalized spacial score (nSPS) is 16.4. The lowest BCUT2D eigenvalue weighted by atomic mass is 9.95. The van der Waals surface area contributed by atoms with Gasteiger partial charge in [-0.3, -0.25) is 9.67 Å². The molecule has 0 aliphatic heterocycles. The number of rotatable bonds is 5. The summed E-state index contributed by atoms with van der Waals surface area (Å²) < 4.78 is 57.4. The molecule has 9 heteroatoms. The van der Waals surface area contributed by atoms with Gasteiger partial charge in [-0.05, 0) is 37.2 Å². The predicted octanol–water partition coefficient (Wildman–Crippen LogP) is 5.35. The summed E-state index contributed by atoms with van der Waals surface area (Å²) in [6.07, 6.45) is -3.20. The highest BCUT2D eigenvalue weighted by atomic mass is 32.1. The Kier molecular flexibility index (Phi) is 5.12. The van der Waals surface area contributed by atoms with Crippen molar-refractivity contribution in [3.8, 4) is 17.1 Å². The van der Waals surface area contributed by atoms with Crippen molar-refractivity contribution in [1.29, 1.82) is 0 Å². The van der Waals surface area contributed by atoms with Crippen LogP contribution in [0.1, 0.15) is 38.1 Å². The third-order valence-corrected chi connectivity index (χ3v) is 4.53. The summed E-state index contributed by atoms with van der Waals surface area (Å²) in [5, 5.41) is 6.91. The minimum atomic E-state index is -4.55. The average molecular weight is 375 g/mol. The van der Waals surface area contributed by atoms with E-state index in [2.05, 4.69) is 14.9 Å². The number of aromatic amines is 1. The van der Waals surface area contributed by atoms with Gasteiger partial charge in [-0.2, -0.15) is 22.7 Å². The van der Waals surface area contributed by atoms with Crippen LogP contribution in [-0.2, 0) is 0 Å². The number of nitrogens with one attached hydrogen (secondary N) is 1. The average Bonchev–Trinajstić information content (AvgIpc) is 2.97. The topological polar surface area (TPSA) is 42.8 Å². The van der Waals surface area contributed by atoms with E-state index < -0.39 is 12.5 Å². The van der Waals surface area contributed by atoms with E-state index in [9.17, 15) is 17.6 Å². The Labute approximate surface area is 146 Å². The first-order chi connectivity index (χ1) is 11.9. The second-order valence-electron chi connectivity index (χ2n) is 6.01. The number of hydrogen-bond acceptors (Lipinski definition) is 3. The number of aromatic nitrogens is 3. The number of benzene rings is 1. The zero-order valence-corrected chi connectivity index (χ0v) is 14.0. The predicted molar refractivity (Wildman–Crippen MR) is 86.5 cm³/mol. The molecule has 0 bridgehead atoms. The quantitative estimate of drug-likeness (QED) is 0.566. The fraction of sp³-hybridized carbons (Fsp3) is 0.500. The molecule has 1 heterocycles. The second-order valence-corrected chi connectivity index (χ2v) is 6.39. The van der Waals surface area contributed by atoms with Crippen molar-refractivity contribution >= 4 is 12.2 Å². The number of ether oxygens (including phenoxy) is 1. The Morgan fingerprint density at radius 2 is 1.96 bits per heavy atom. The summed E-state index contributed by atoms with van der Waals surface area (Å²) in [6.45, 7) is 0. The van der Waals surface area contributed by atoms with Gasteiger partial charge < -0.3 is 4.74 Å². The van der Waals surface area contributed by atoms with Gasteiger partial charge in [0.25, 0.3) is 0 Å². The molecule has 1 aliphatic rings. The summed E-state index contributed by atoms with van der Waals surface area (Å²) in [5.41, 5.74) is 0.473. The van der Waals surface area contributed by atoms with Gasteiger partial charge in [0.05, 0.1) is 0 Å².